The second-order valence-electron chi connectivity index (χ2n) is 4.32. The van der Waals surface area contributed by atoms with E-state index in [2.05, 4.69) is 20.5 Å². The maximum atomic E-state index is 13.1. The minimum absolute atomic E-state index is 0.0370. The van der Waals surface area contributed by atoms with Crippen LogP contribution in [-0.2, 0) is 12.6 Å². The summed E-state index contributed by atoms with van der Waals surface area (Å²) in [5, 5.41) is 17.4. The summed E-state index contributed by atoms with van der Waals surface area (Å²) >= 11 is 0. The van der Waals surface area contributed by atoms with Gasteiger partial charge in [0.15, 0.2) is 0 Å². The van der Waals surface area contributed by atoms with Gasteiger partial charge in [-0.25, -0.2) is 5.10 Å². The second kappa shape index (κ2) is 5.32. The fourth-order valence-electron chi connectivity index (χ4n) is 1.92. The molecule has 6 nitrogen and oxygen atoms in total. The van der Waals surface area contributed by atoms with E-state index in [9.17, 15) is 13.2 Å². The molecule has 0 aliphatic carbocycles. The fraction of sp³-hybridized carbons (Fsp3) is 0.250. The molecule has 21 heavy (non-hydrogen) atoms. The van der Waals surface area contributed by atoms with Crippen molar-refractivity contribution in [2.45, 2.75) is 19.5 Å². The van der Waals surface area contributed by atoms with E-state index in [1.165, 1.54) is 13.0 Å². The minimum atomic E-state index is -4.55. The number of aromatic amines is 1. The van der Waals surface area contributed by atoms with Gasteiger partial charge in [-0.1, -0.05) is 0 Å². The highest BCUT2D eigenvalue weighted by atomic mass is 19.4. The monoisotopic (exact) mass is 296 g/mol. The molecule has 4 N–H and O–H groups in total. The largest absolute Gasteiger partial charge is 0.416 e. The highest BCUT2D eigenvalue weighted by molar-refractivity contribution is 5.59. The van der Waals surface area contributed by atoms with Gasteiger partial charge in [-0.2, -0.15) is 23.4 Å². The van der Waals surface area contributed by atoms with Crippen LogP contribution in [0.25, 0.3) is 0 Å². The maximum absolute atomic E-state index is 13.1. The van der Waals surface area contributed by atoms with Crippen molar-refractivity contribution in [3.8, 4) is 6.07 Å². The number of rotatable bonds is 3. The normalized spacial score (nSPS) is 11.2. The predicted octanol–water partition coefficient (Wildman–Crippen LogP) is 2.52. The second-order valence-corrected chi connectivity index (χ2v) is 4.32. The third-order valence-corrected chi connectivity index (χ3v) is 2.79. The molecule has 0 fully saturated rings. The van der Waals surface area contributed by atoms with Crippen LogP contribution in [-0.4, -0.2) is 15.2 Å². The van der Waals surface area contributed by atoms with Gasteiger partial charge >= 0.3 is 6.18 Å². The van der Waals surface area contributed by atoms with Crippen LogP contribution in [0.2, 0.25) is 0 Å². The SMILES string of the molecule is Cc1cc(Nc2n[nH]c(N)n2)cc(C(F)(F)F)c1CC#N. The number of benzene rings is 1. The van der Waals surface area contributed by atoms with Gasteiger partial charge in [0.1, 0.15) is 0 Å². The molecule has 0 aliphatic rings. The zero-order valence-electron chi connectivity index (χ0n) is 10.9. The molecule has 0 unspecified atom stereocenters. The van der Waals surface area contributed by atoms with Crippen molar-refractivity contribution in [2.75, 3.05) is 11.1 Å². The first-order chi connectivity index (χ1) is 9.81. The Bertz CT molecular complexity index is 698. The average molecular weight is 296 g/mol. The molecular weight excluding hydrogens is 285 g/mol. The molecule has 2 rings (SSSR count). The number of hydrogen-bond donors (Lipinski definition) is 3. The van der Waals surface area contributed by atoms with Crippen LogP contribution in [0.4, 0.5) is 30.8 Å². The van der Waals surface area contributed by atoms with Gasteiger partial charge < -0.3 is 11.1 Å². The predicted molar refractivity (Wildman–Crippen MR) is 69.6 cm³/mol. The number of aryl methyl sites for hydroxylation is 1. The van der Waals surface area contributed by atoms with Crippen LogP contribution in [0.1, 0.15) is 16.7 Å². The van der Waals surface area contributed by atoms with E-state index in [-0.39, 0.29) is 29.6 Å². The Hall–Kier alpha value is -2.76. The first-order valence-electron chi connectivity index (χ1n) is 5.84. The molecule has 2 aromatic rings. The van der Waals surface area contributed by atoms with Gasteiger partial charge in [0.25, 0.3) is 0 Å². The molecule has 110 valence electrons. The van der Waals surface area contributed by atoms with Crippen molar-refractivity contribution in [3.63, 3.8) is 0 Å². The van der Waals surface area contributed by atoms with E-state index in [1.807, 2.05) is 0 Å². The van der Waals surface area contributed by atoms with Gasteiger partial charge in [-0.15, -0.1) is 5.10 Å². The van der Waals surface area contributed by atoms with Crippen LogP contribution >= 0.6 is 0 Å². The topological polar surface area (TPSA) is 103 Å². The number of aromatic nitrogens is 3. The van der Waals surface area contributed by atoms with E-state index in [4.69, 9.17) is 11.0 Å². The molecular formula is C12H11F3N6. The molecule has 0 aliphatic heterocycles. The summed E-state index contributed by atoms with van der Waals surface area (Å²) in [6, 6.07) is 4.16. The molecule has 1 aromatic heterocycles. The van der Waals surface area contributed by atoms with Crippen LogP contribution in [0, 0.1) is 18.3 Å². The van der Waals surface area contributed by atoms with Crippen molar-refractivity contribution >= 4 is 17.6 Å². The number of nitrogen functional groups attached to an aromatic ring is 1. The number of nitriles is 1. The van der Waals surface area contributed by atoms with Crippen LogP contribution < -0.4 is 11.1 Å². The summed E-state index contributed by atoms with van der Waals surface area (Å²) in [5.74, 6) is 0.111. The first-order valence-corrected chi connectivity index (χ1v) is 5.84. The van der Waals surface area contributed by atoms with Crippen molar-refractivity contribution in [1.29, 1.82) is 5.26 Å². The quantitative estimate of drug-likeness (QED) is 0.807. The van der Waals surface area contributed by atoms with Crippen molar-refractivity contribution in [3.05, 3.63) is 28.8 Å². The van der Waals surface area contributed by atoms with Gasteiger partial charge in [-0.3, -0.25) is 0 Å². The maximum Gasteiger partial charge on any atom is 0.416 e. The molecule has 0 bridgehead atoms. The molecule has 9 heteroatoms. The Labute approximate surface area is 117 Å². The minimum Gasteiger partial charge on any atom is -0.368 e. The molecule has 1 heterocycles. The average Bonchev–Trinajstić information content (AvgIpc) is 2.76. The number of hydrogen-bond acceptors (Lipinski definition) is 5. The zero-order chi connectivity index (χ0) is 15.6. The Morgan fingerprint density at radius 1 is 1.43 bits per heavy atom. The highest BCUT2D eigenvalue weighted by Gasteiger charge is 2.34. The lowest BCUT2D eigenvalue weighted by molar-refractivity contribution is -0.138. The van der Waals surface area contributed by atoms with E-state index in [0.29, 0.717) is 5.56 Å². The molecule has 0 amide bonds. The summed E-state index contributed by atoms with van der Waals surface area (Å²) in [5.41, 5.74) is 4.98. The summed E-state index contributed by atoms with van der Waals surface area (Å²) in [7, 11) is 0. The van der Waals surface area contributed by atoms with E-state index in [0.717, 1.165) is 6.07 Å². The molecule has 0 spiro atoms. The van der Waals surface area contributed by atoms with E-state index < -0.39 is 11.7 Å². The molecule has 0 saturated heterocycles. The lowest BCUT2D eigenvalue weighted by Crippen LogP contribution is -2.11. The number of alkyl halides is 3. The van der Waals surface area contributed by atoms with Gasteiger partial charge in [-0.05, 0) is 30.2 Å². The smallest absolute Gasteiger partial charge is 0.368 e. The Kier molecular flexibility index (Phi) is 3.71. The van der Waals surface area contributed by atoms with Gasteiger partial charge in [0.05, 0.1) is 18.1 Å². The van der Waals surface area contributed by atoms with E-state index in [1.54, 1.807) is 6.07 Å². The summed E-state index contributed by atoms with van der Waals surface area (Å²) in [6.45, 7) is 1.51. The van der Waals surface area contributed by atoms with Crippen LogP contribution in [0.15, 0.2) is 12.1 Å². The van der Waals surface area contributed by atoms with Crippen molar-refractivity contribution in [1.82, 2.24) is 15.2 Å². The molecule has 0 saturated carbocycles. The third-order valence-electron chi connectivity index (χ3n) is 2.79. The van der Waals surface area contributed by atoms with Crippen LogP contribution in [0.5, 0.6) is 0 Å². The van der Waals surface area contributed by atoms with Gasteiger partial charge in [0.2, 0.25) is 11.9 Å². The number of anilines is 3. The molecule has 0 atom stereocenters. The number of H-pyrrole nitrogens is 1. The Morgan fingerprint density at radius 2 is 2.14 bits per heavy atom. The first kappa shape index (κ1) is 14.6. The fourth-order valence-corrected chi connectivity index (χ4v) is 1.92. The van der Waals surface area contributed by atoms with Gasteiger partial charge in [0, 0.05) is 5.69 Å². The summed E-state index contributed by atoms with van der Waals surface area (Å²) in [6.07, 6.45) is -4.86. The van der Waals surface area contributed by atoms with E-state index >= 15 is 0 Å². The molecule has 1 aromatic carbocycles. The Balaban J connectivity index is 2.45. The van der Waals surface area contributed by atoms with Crippen molar-refractivity contribution in [2.24, 2.45) is 0 Å². The number of halogens is 3. The molecule has 0 radical (unpaired) electrons. The van der Waals surface area contributed by atoms with Crippen LogP contribution in [0.3, 0.4) is 0 Å². The number of nitrogens with two attached hydrogens (primary N) is 1. The lowest BCUT2D eigenvalue weighted by atomic mass is 9.98. The Morgan fingerprint density at radius 3 is 2.67 bits per heavy atom. The highest BCUT2D eigenvalue weighted by Crippen LogP contribution is 2.36. The lowest BCUT2D eigenvalue weighted by Gasteiger charge is -2.15. The number of nitrogens with one attached hydrogen (secondary N) is 2. The zero-order valence-corrected chi connectivity index (χ0v) is 10.9. The summed E-state index contributed by atoms with van der Waals surface area (Å²) in [4.78, 5) is 3.75. The summed E-state index contributed by atoms with van der Waals surface area (Å²) < 4.78 is 39.2. The van der Waals surface area contributed by atoms with Crippen molar-refractivity contribution < 1.29 is 13.2 Å². The standard InChI is InChI=1S/C12H11F3N6/c1-6-4-7(18-11-19-10(17)20-21-11)5-9(12(13,14)15)8(6)2-3-16/h4-5H,2H2,1H3,(H4,17,18,19,20,21). The number of nitrogens with zero attached hydrogens (tertiary/aromatic N) is 3. The third kappa shape index (κ3) is 3.22.